The molecule has 1 unspecified atom stereocenters. The summed E-state index contributed by atoms with van der Waals surface area (Å²) >= 11 is 0. The predicted octanol–water partition coefficient (Wildman–Crippen LogP) is 2.71. The van der Waals surface area contributed by atoms with Crippen molar-refractivity contribution in [2.75, 3.05) is 44.2 Å². The third-order valence-electron chi connectivity index (χ3n) is 6.11. The smallest absolute Gasteiger partial charge is 0.230 e. The standard InChI is InChI=1S/C25H26N4O6/c1-32-20-5-3-4-16(24(20)33-2)15-29-22(8-9-26-29)27-25(31)17-12-23(30)28(14-17)18-6-7-19-21(13-18)35-11-10-34-19/h3-9,13,17H,10-12,14-15H2,1-2H3,(H,27,31). The van der Waals surface area contributed by atoms with E-state index in [0.29, 0.717) is 54.3 Å². The van der Waals surface area contributed by atoms with Gasteiger partial charge in [0.15, 0.2) is 23.0 Å². The summed E-state index contributed by atoms with van der Waals surface area (Å²) in [4.78, 5) is 27.4. The molecule has 2 amide bonds. The van der Waals surface area contributed by atoms with Crippen molar-refractivity contribution in [3.8, 4) is 23.0 Å². The zero-order chi connectivity index (χ0) is 24.4. The highest BCUT2D eigenvalue weighted by Crippen LogP contribution is 2.36. The van der Waals surface area contributed by atoms with Gasteiger partial charge in [-0.2, -0.15) is 5.10 Å². The van der Waals surface area contributed by atoms with Crippen molar-refractivity contribution in [3.63, 3.8) is 0 Å². The largest absolute Gasteiger partial charge is 0.493 e. The van der Waals surface area contributed by atoms with E-state index in [-0.39, 0.29) is 24.8 Å². The van der Waals surface area contributed by atoms with E-state index < -0.39 is 5.92 Å². The lowest BCUT2D eigenvalue weighted by molar-refractivity contribution is -0.122. The number of nitrogens with one attached hydrogen (secondary N) is 1. The molecule has 10 nitrogen and oxygen atoms in total. The van der Waals surface area contributed by atoms with Crippen molar-refractivity contribution in [3.05, 3.63) is 54.2 Å². The average molecular weight is 479 g/mol. The maximum atomic E-state index is 13.1. The second-order valence-corrected chi connectivity index (χ2v) is 8.25. The molecule has 1 atom stereocenters. The van der Waals surface area contributed by atoms with Gasteiger partial charge in [-0.1, -0.05) is 12.1 Å². The fourth-order valence-corrected chi connectivity index (χ4v) is 4.37. The molecule has 0 spiro atoms. The Hall–Kier alpha value is -4.21. The normalized spacial score (nSPS) is 16.8. The summed E-state index contributed by atoms with van der Waals surface area (Å²) < 4.78 is 23.7. The van der Waals surface area contributed by atoms with E-state index in [9.17, 15) is 9.59 Å². The third kappa shape index (κ3) is 4.46. The highest BCUT2D eigenvalue weighted by atomic mass is 16.6. The number of carbonyl (C=O) groups is 2. The number of ether oxygens (including phenoxy) is 4. The van der Waals surface area contributed by atoms with Crippen LogP contribution in [0.3, 0.4) is 0 Å². The Kier molecular flexibility index (Phi) is 6.17. The molecular weight excluding hydrogens is 452 g/mol. The summed E-state index contributed by atoms with van der Waals surface area (Å²) in [7, 11) is 3.16. The fraction of sp³-hybridized carbons (Fsp3) is 0.320. The molecule has 0 radical (unpaired) electrons. The monoisotopic (exact) mass is 478 g/mol. The van der Waals surface area contributed by atoms with Crippen LogP contribution in [0.2, 0.25) is 0 Å². The highest BCUT2D eigenvalue weighted by Gasteiger charge is 2.36. The van der Waals surface area contributed by atoms with Crippen LogP contribution in [-0.4, -0.2) is 55.6 Å². The molecule has 35 heavy (non-hydrogen) atoms. The van der Waals surface area contributed by atoms with Gasteiger partial charge in [0.1, 0.15) is 19.0 Å². The van der Waals surface area contributed by atoms with Crippen LogP contribution in [-0.2, 0) is 16.1 Å². The zero-order valence-electron chi connectivity index (χ0n) is 19.5. The van der Waals surface area contributed by atoms with Gasteiger partial charge in [-0.25, -0.2) is 4.68 Å². The number of methoxy groups -OCH3 is 2. The van der Waals surface area contributed by atoms with Gasteiger partial charge in [-0.15, -0.1) is 0 Å². The average Bonchev–Trinajstić information content (AvgIpc) is 3.49. The lowest BCUT2D eigenvalue weighted by Crippen LogP contribution is -2.29. The highest BCUT2D eigenvalue weighted by molar-refractivity contribution is 6.03. The van der Waals surface area contributed by atoms with Gasteiger partial charge < -0.3 is 29.2 Å². The topological polar surface area (TPSA) is 104 Å². The van der Waals surface area contributed by atoms with Crippen molar-refractivity contribution in [2.45, 2.75) is 13.0 Å². The number of aromatic nitrogens is 2. The van der Waals surface area contributed by atoms with E-state index in [1.165, 1.54) is 0 Å². The van der Waals surface area contributed by atoms with Crippen LogP contribution in [0.1, 0.15) is 12.0 Å². The molecular formula is C25H26N4O6. The molecule has 2 aromatic carbocycles. The van der Waals surface area contributed by atoms with Gasteiger partial charge in [0, 0.05) is 36.3 Å². The van der Waals surface area contributed by atoms with Crippen molar-refractivity contribution >= 4 is 23.3 Å². The molecule has 2 aliphatic heterocycles. The van der Waals surface area contributed by atoms with Crippen LogP contribution < -0.4 is 29.2 Å². The van der Waals surface area contributed by atoms with Crippen LogP contribution >= 0.6 is 0 Å². The van der Waals surface area contributed by atoms with Gasteiger partial charge in [-0.05, 0) is 18.2 Å². The van der Waals surface area contributed by atoms with E-state index in [1.54, 1.807) is 48.2 Å². The molecule has 0 bridgehead atoms. The molecule has 3 aromatic rings. The quantitative estimate of drug-likeness (QED) is 0.557. The van der Waals surface area contributed by atoms with E-state index in [4.69, 9.17) is 18.9 Å². The first-order chi connectivity index (χ1) is 17.1. The predicted molar refractivity (Wildman–Crippen MR) is 127 cm³/mol. The maximum absolute atomic E-state index is 13.1. The molecule has 182 valence electrons. The summed E-state index contributed by atoms with van der Waals surface area (Å²) in [6.45, 7) is 1.61. The molecule has 10 heteroatoms. The molecule has 5 rings (SSSR count). The second-order valence-electron chi connectivity index (χ2n) is 8.25. The van der Waals surface area contributed by atoms with Crippen molar-refractivity contribution in [1.29, 1.82) is 0 Å². The minimum absolute atomic E-state index is 0.114. The van der Waals surface area contributed by atoms with Gasteiger partial charge in [0.05, 0.1) is 32.9 Å². The van der Waals surface area contributed by atoms with Crippen LogP contribution in [0.5, 0.6) is 23.0 Å². The maximum Gasteiger partial charge on any atom is 0.230 e. The molecule has 2 aliphatic rings. The van der Waals surface area contributed by atoms with Crippen molar-refractivity contribution in [2.24, 2.45) is 5.92 Å². The van der Waals surface area contributed by atoms with Crippen molar-refractivity contribution < 1.29 is 28.5 Å². The van der Waals surface area contributed by atoms with Gasteiger partial charge >= 0.3 is 0 Å². The molecule has 1 aromatic heterocycles. The van der Waals surface area contributed by atoms with Gasteiger partial charge in [-0.3, -0.25) is 9.59 Å². The first-order valence-corrected chi connectivity index (χ1v) is 11.3. The summed E-state index contributed by atoms with van der Waals surface area (Å²) in [5.74, 6) is 2.17. The number of rotatable bonds is 7. The number of para-hydroxylation sites is 1. The molecule has 1 fully saturated rings. The minimum atomic E-state index is -0.495. The van der Waals surface area contributed by atoms with Gasteiger partial charge in [0.2, 0.25) is 11.8 Å². The van der Waals surface area contributed by atoms with E-state index in [2.05, 4.69) is 10.4 Å². The fourth-order valence-electron chi connectivity index (χ4n) is 4.37. The SMILES string of the molecule is COc1cccc(Cn2nccc2NC(=O)C2CC(=O)N(c3ccc4c(c3)OCCO4)C2)c1OC. The zero-order valence-corrected chi connectivity index (χ0v) is 19.5. The summed E-state index contributed by atoms with van der Waals surface area (Å²) in [5, 5.41) is 7.27. The molecule has 1 saturated heterocycles. The van der Waals surface area contributed by atoms with Crippen LogP contribution in [0.15, 0.2) is 48.7 Å². The van der Waals surface area contributed by atoms with E-state index in [1.807, 2.05) is 24.3 Å². The molecule has 0 saturated carbocycles. The Morgan fingerprint density at radius 2 is 1.94 bits per heavy atom. The number of anilines is 2. The number of hydrogen-bond acceptors (Lipinski definition) is 7. The molecule has 3 heterocycles. The first-order valence-electron chi connectivity index (χ1n) is 11.3. The molecule has 1 N–H and O–H groups in total. The Morgan fingerprint density at radius 3 is 2.74 bits per heavy atom. The third-order valence-corrected chi connectivity index (χ3v) is 6.11. The van der Waals surface area contributed by atoms with Crippen molar-refractivity contribution in [1.82, 2.24) is 9.78 Å². The van der Waals surface area contributed by atoms with E-state index in [0.717, 1.165) is 5.56 Å². The lowest BCUT2D eigenvalue weighted by Gasteiger charge is -2.22. The number of amides is 2. The summed E-state index contributed by atoms with van der Waals surface area (Å²) in [6, 6.07) is 12.7. The number of fused-ring (bicyclic) bond motifs is 1. The molecule has 0 aliphatic carbocycles. The Balaban J connectivity index is 1.28. The van der Waals surface area contributed by atoms with Crippen LogP contribution in [0, 0.1) is 5.92 Å². The van der Waals surface area contributed by atoms with Crippen LogP contribution in [0.25, 0.3) is 0 Å². The lowest BCUT2D eigenvalue weighted by atomic mass is 10.1. The summed E-state index contributed by atoms with van der Waals surface area (Å²) in [5.41, 5.74) is 1.54. The summed E-state index contributed by atoms with van der Waals surface area (Å²) in [6.07, 6.45) is 1.74. The number of nitrogens with zero attached hydrogens (tertiary/aromatic N) is 3. The number of benzene rings is 2. The number of carbonyl (C=O) groups excluding carboxylic acids is 2. The number of hydrogen-bond donors (Lipinski definition) is 1. The van der Waals surface area contributed by atoms with Crippen LogP contribution in [0.4, 0.5) is 11.5 Å². The van der Waals surface area contributed by atoms with E-state index >= 15 is 0 Å². The Labute approximate surface area is 202 Å². The second kappa shape index (κ2) is 9.57. The first kappa shape index (κ1) is 22.6. The minimum Gasteiger partial charge on any atom is -0.493 e. The Morgan fingerprint density at radius 1 is 1.11 bits per heavy atom. The Bertz CT molecular complexity index is 1260. The van der Waals surface area contributed by atoms with Gasteiger partial charge in [0.25, 0.3) is 0 Å².